The third kappa shape index (κ3) is 3.34. The standard InChI is InChI=1S/C17H18N4O3S/c1-10-15(12-6-5-11(23-3)7-14(12)24-4)19-17(25-10)20-16(22)13-8-18-9-21(13)2/h5-9H,1-4H3,(H,19,20,22). The van der Waals surface area contributed by atoms with Gasteiger partial charge < -0.3 is 14.0 Å². The first-order chi connectivity index (χ1) is 12.0. The Kier molecular flexibility index (Phi) is 4.71. The second-order valence-corrected chi connectivity index (χ2v) is 6.54. The van der Waals surface area contributed by atoms with Crippen molar-refractivity contribution in [1.29, 1.82) is 0 Å². The summed E-state index contributed by atoms with van der Waals surface area (Å²) in [4.78, 5) is 21.8. The van der Waals surface area contributed by atoms with Gasteiger partial charge in [0.2, 0.25) is 0 Å². The summed E-state index contributed by atoms with van der Waals surface area (Å²) in [5.74, 6) is 1.12. The van der Waals surface area contributed by atoms with Crippen LogP contribution in [0.1, 0.15) is 15.4 Å². The maximum Gasteiger partial charge on any atom is 0.275 e. The molecular weight excluding hydrogens is 340 g/mol. The van der Waals surface area contributed by atoms with Crippen molar-refractivity contribution in [2.75, 3.05) is 19.5 Å². The van der Waals surface area contributed by atoms with E-state index in [2.05, 4.69) is 15.3 Å². The van der Waals surface area contributed by atoms with Gasteiger partial charge in [-0.2, -0.15) is 0 Å². The SMILES string of the molecule is COc1ccc(-c2nc(NC(=O)c3cncn3C)sc2C)c(OC)c1. The third-order valence-electron chi connectivity index (χ3n) is 3.73. The minimum absolute atomic E-state index is 0.248. The summed E-state index contributed by atoms with van der Waals surface area (Å²) >= 11 is 1.41. The van der Waals surface area contributed by atoms with E-state index in [4.69, 9.17) is 9.47 Å². The third-order valence-corrected chi connectivity index (χ3v) is 4.62. The first-order valence-corrected chi connectivity index (χ1v) is 8.32. The number of hydrogen-bond donors (Lipinski definition) is 1. The molecule has 25 heavy (non-hydrogen) atoms. The average molecular weight is 358 g/mol. The first-order valence-electron chi connectivity index (χ1n) is 7.51. The van der Waals surface area contributed by atoms with Gasteiger partial charge in [0, 0.05) is 23.6 Å². The van der Waals surface area contributed by atoms with Crippen LogP contribution in [0.5, 0.6) is 11.5 Å². The fraction of sp³-hybridized carbons (Fsp3) is 0.235. The molecule has 3 aromatic rings. The number of hydrogen-bond acceptors (Lipinski definition) is 6. The van der Waals surface area contributed by atoms with Gasteiger partial charge >= 0.3 is 0 Å². The summed E-state index contributed by atoms with van der Waals surface area (Å²) in [6.07, 6.45) is 3.10. The highest BCUT2D eigenvalue weighted by Gasteiger charge is 2.17. The van der Waals surface area contributed by atoms with Crippen LogP contribution in [-0.4, -0.2) is 34.7 Å². The predicted molar refractivity (Wildman–Crippen MR) is 96.6 cm³/mol. The van der Waals surface area contributed by atoms with E-state index in [1.807, 2.05) is 25.1 Å². The highest BCUT2D eigenvalue weighted by atomic mass is 32.1. The maximum absolute atomic E-state index is 12.3. The van der Waals surface area contributed by atoms with Crippen molar-refractivity contribution in [2.24, 2.45) is 7.05 Å². The molecule has 3 rings (SSSR count). The normalized spacial score (nSPS) is 10.6. The van der Waals surface area contributed by atoms with E-state index in [-0.39, 0.29) is 5.91 Å². The van der Waals surface area contributed by atoms with Crippen molar-refractivity contribution >= 4 is 22.4 Å². The van der Waals surface area contributed by atoms with Crippen molar-refractivity contribution in [1.82, 2.24) is 14.5 Å². The predicted octanol–water partition coefficient (Wildman–Crippen LogP) is 3.12. The molecule has 0 aliphatic rings. The van der Waals surface area contributed by atoms with E-state index in [0.29, 0.717) is 22.3 Å². The van der Waals surface area contributed by atoms with E-state index < -0.39 is 0 Å². The zero-order valence-electron chi connectivity index (χ0n) is 14.4. The number of aromatic nitrogens is 3. The van der Waals surface area contributed by atoms with Crippen LogP contribution >= 0.6 is 11.3 Å². The lowest BCUT2D eigenvalue weighted by atomic mass is 10.1. The highest BCUT2D eigenvalue weighted by molar-refractivity contribution is 7.16. The summed E-state index contributed by atoms with van der Waals surface area (Å²) in [5, 5.41) is 3.34. The second-order valence-electron chi connectivity index (χ2n) is 5.33. The quantitative estimate of drug-likeness (QED) is 0.758. The maximum atomic E-state index is 12.3. The molecule has 130 valence electrons. The molecule has 2 aromatic heterocycles. The number of benzene rings is 1. The van der Waals surface area contributed by atoms with Crippen molar-refractivity contribution in [3.8, 4) is 22.8 Å². The van der Waals surface area contributed by atoms with Crippen LogP contribution in [0.15, 0.2) is 30.7 Å². The Morgan fingerprint density at radius 1 is 1.28 bits per heavy atom. The molecule has 1 N–H and O–H groups in total. The van der Waals surface area contributed by atoms with Crippen LogP contribution in [0, 0.1) is 6.92 Å². The summed E-state index contributed by atoms with van der Waals surface area (Å²) in [5.41, 5.74) is 2.08. The van der Waals surface area contributed by atoms with Crippen molar-refractivity contribution in [3.63, 3.8) is 0 Å². The Morgan fingerprint density at radius 2 is 2.08 bits per heavy atom. The molecule has 7 nitrogen and oxygen atoms in total. The van der Waals surface area contributed by atoms with Gasteiger partial charge in [-0.3, -0.25) is 10.1 Å². The van der Waals surface area contributed by atoms with E-state index >= 15 is 0 Å². The van der Waals surface area contributed by atoms with Crippen LogP contribution in [0.3, 0.4) is 0 Å². The van der Waals surface area contributed by atoms with Crippen LogP contribution in [0.2, 0.25) is 0 Å². The summed E-state index contributed by atoms with van der Waals surface area (Å²) in [6.45, 7) is 1.95. The Hall–Kier alpha value is -2.87. The van der Waals surface area contributed by atoms with E-state index in [0.717, 1.165) is 16.1 Å². The minimum Gasteiger partial charge on any atom is -0.497 e. The molecule has 0 unspecified atom stereocenters. The number of carbonyl (C=O) groups is 1. The molecule has 0 atom stereocenters. The molecule has 2 heterocycles. The Balaban J connectivity index is 1.91. The van der Waals surface area contributed by atoms with Gasteiger partial charge in [-0.25, -0.2) is 9.97 Å². The van der Waals surface area contributed by atoms with Crippen molar-refractivity contribution in [2.45, 2.75) is 6.92 Å². The molecular formula is C17H18N4O3S. The molecule has 0 fully saturated rings. The van der Waals surface area contributed by atoms with Gasteiger partial charge in [-0.1, -0.05) is 0 Å². The number of nitrogens with zero attached hydrogens (tertiary/aromatic N) is 3. The van der Waals surface area contributed by atoms with E-state index in [1.54, 1.807) is 32.2 Å². The Bertz CT molecular complexity index is 917. The number of anilines is 1. The molecule has 0 saturated heterocycles. The fourth-order valence-electron chi connectivity index (χ4n) is 2.43. The van der Waals surface area contributed by atoms with Crippen molar-refractivity contribution in [3.05, 3.63) is 41.3 Å². The lowest BCUT2D eigenvalue weighted by Crippen LogP contribution is -2.15. The number of thiazole rings is 1. The highest BCUT2D eigenvalue weighted by Crippen LogP contribution is 2.37. The first kappa shape index (κ1) is 17.0. The number of nitrogens with one attached hydrogen (secondary N) is 1. The van der Waals surface area contributed by atoms with Gasteiger partial charge in [-0.15, -0.1) is 11.3 Å². The molecule has 0 radical (unpaired) electrons. The lowest BCUT2D eigenvalue weighted by molar-refractivity contribution is 0.101. The van der Waals surface area contributed by atoms with Gasteiger partial charge in [0.1, 0.15) is 17.2 Å². The molecule has 1 aromatic carbocycles. The second kappa shape index (κ2) is 6.94. The lowest BCUT2D eigenvalue weighted by Gasteiger charge is -2.09. The van der Waals surface area contributed by atoms with E-state index in [1.165, 1.54) is 17.5 Å². The summed E-state index contributed by atoms with van der Waals surface area (Å²) < 4.78 is 12.3. The monoisotopic (exact) mass is 358 g/mol. The van der Waals surface area contributed by atoms with Gasteiger partial charge in [-0.05, 0) is 19.1 Å². The van der Waals surface area contributed by atoms with Crippen LogP contribution in [0.4, 0.5) is 5.13 Å². The Morgan fingerprint density at radius 3 is 2.72 bits per heavy atom. The molecule has 1 amide bonds. The largest absolute Gasteiger partial charge is 0.497 e. The molecule has 0 spiro atoms. The zero-order chi connectivity index (χ0) is 18.0. The topological polar surface area (TPSA) is 78.3 Å². The van der Waals surface area contributed by atoms with Gasteiger partial charge in [0.05, 0.1) is 32.4 Å². The summed E-state index contributed by atoms with van der Waals surface area (Å²) in [6, 6.07) is 5.55. The zero-order valence-corrected chi connectivity index (χ0v) is 15.2. The fourth-order valence-corrected chi connectivity index (χ4v) is 3.25. The Labute approximate surface area is 149 Å². The molecule has 0 bridgehead atoms. The van der Waals surface area contributed by atoms with Crippen LogP contribution in [0.25, 0.3) is 11.3 Å². The smallest absolute Gasteiger partial charge is 0.275 e. The average Bonchev–Trinajstić information content (AvgIpc) is 3.19. The number of carbonyl (C=O) groups excluding carboxylic acids is 1. The van der Waals surface area contributed by atoms with Crippen LogP contribution < -0.4 is 14.8 Å². The number of imidazole rings is 1. The molecule has 0 aliphatic heterocycles. The minimum atomic E-state index is -0.248. The number of rotatable bonds is 5. The van der Waals surface area contributed by atoms with Gasteiger partial charge in [0.15, 0.2) is 5.13 Å². The van der Waals surface area contributed by atoms with E-state index in [9.17, 15) is 4.79 Å². The molecule has 0 aliphatic carbocycles. The number of aryl methyl sites for hydroxylation is 2. The van der Waals surface area contributed by atoms with Crippen molar-refractivity contribution < 1.29 is 14.3 Å². The van der Waals surface area contributed by atoms with Gasteiger partial charge in [0.25, 0.3) is 5.91 Å². The summed E-state index contributed by atoms with van der Waals surface area (Å²) in [7, 11) is 4.97. The number of methoxy groups -OCH3 is 2. The number of ether oxygens (including phenoxy) is 2. The van der Waals surface area contributed by atoms with Crippen LogP contribution in [-0.2, 0) is 7.05 Å². The molecule has 8 heteroatoms. The molecule has 0 saturated carbocycles. The number of amides is 1.